The van der Waals surface area contributed by atoms with Crippen LogP contribution < -0.4 is 0 Å². The molecular formula is C13H17BrCl2. The second-order valence-corrected chi connectivity index (χ2v) is 6.68. The lowest BCUT2D eigenvalue weighted by Gasteiger charge is -2.29. The Morgan fingerprint density at radius 3 is 2.38 bits per heavy atom. The fourth-order valence-electron chi connectivity index (χ4n) is 1.37. The van der Waals surface area contributed by atoms with Gasteiger partial charge in [-0.3, -0.25) is 0 Å². The van der Waals surface area contributed by atoms with E-state index >= 15 is 0 Å². The first kappa shape index (κ1) is 14.3. The van der Waals surface area contributed by atoms with Crippen LogP contribution in [-0.2, 0) is 6.42 Å². The van der Waals surface area contributed by atoms with Crippen molar-refractivity contribution in [3.05, 3.63) is 33.8 Å². The summed E-state index contributed by atoms with van der Waals surface area (Å²) in [5.74, 6) is 0. The topological polar surface area (TPSA) is 0 Å². The number of benzene rings is 1. The number of alkyl halides is 1. The van der Waals surface area contributed by atoms with Crippen molar-refractivity contribution < 1.29 is 0 Å². The molecule has 0 saturated heterocycles. The van der Waals surface area contributed by atoms with Gasteiger partial charge in [-0.05, 0) is 36.0 Å². The van der Waals surface area contributed by atoms with Gasteiger partial charge in [0.2, 0.25) is 0 Å². The van der Waals surface area contributed by atoms with Crippen molar-refractivity contribution in [3.63, 3.8) is 0 Å². The maximum absolute atomic E-state index is 6.00. The summed E-state index contributed by atoms with van der Waals surface area (Å²) < 4.78 is 0. The highest BCUT2D eigenvalue weighted by Crippen LogP contribution is 2.33. The van der Waals surface area contributed by atoms with E-state index in [0.29, 0.717) is 14.9 Å². The Morgan fingerprint density at radius 1 is 1.25 bits per heavy atom. The second-order valence-electron chi connectivity index (χ2n) is 4.76. The Labute approximate surface area is 116 Å². The van der Waals surface area contributed by atoms with E-state index in [1.54, 1.807) is 0 Å². The minimum absolute atomic E-state index is 0.284. The van der Waals surface area contributed by atoms with Crippen molar-refractivity contribution in [1.82, 2.24) is 0 Å². The smallest absolute Gasteiger partial charge is 0.0595 e. The molecule has 0 heterocycles. The normalized spacial score (nSPS) is 13.9. The first-order valence-electron chi connectivity index (χ1n) is 5.45. The summed E-state index contributed by atoms with van der Waals surface area (Å²) in [5, 5.41) is 1.25. The molecule has 1 aromatic carbocycles. The summed E-state index contributed by atoms with van der Waals surface area (Å²) >= 11 is 15.7. The lowest BCUT2D eigenvalue weighted by molar-refractivity contribution is 0.340. The molecule has 0 aliphatic heterocycles. The molecule has 16 heavy (non-hydrogen) atoms. The summed E-state index contributed by atoms with van der Waals surface area (Å²) in [6.45, 7) is 6.75. The SMILES string of the molecule is CCC(C)(C)C(Br)Cc1ccc(Cl)c(Cl)c1. The van der Waals surface area contributed by atoms with Gasteiger partial charge in [0.1, 0.15) is 0 Å². The van der Waals surface area contributed by atoms with E-state index in [4.69, 9.17) is 23.2 Å². The molecule has 0 saturated carbocycles. The van der Waals surface area contributed by atoms with Gasteiger partial charge in [-0.1, -0.05) is 66.0 Å². The predicted octanol–water partition coefficient (Wildman–Crippen LogP) is 5.74. The highest BCUT2D eigenvalue weighted by atomic mass is 79.9. The molecule has 1 aromatic rings. The highest BCUT2D eigenvalue weighted by molar-refractivity contribution is 9.09. The zero-order valence-electron chi connectivity index (χ0n) is 9.86. The number of halogens is 3. The predicted molar refractivity (Wildman–Crippen MR) is 77.0 cm³/mol. The molecule has 3 heteroatoms. The van der Waals surface area contributed by atoms with Gasteiger partial charge in [-0.25, -0.2) is 0 Å². The van der Waals surface area contributed by atoms with Crippen LogP contribution in [0.2, 0.25) is 10.0 Å². The van der Waals surface area contributed by atoms with Crippen molar-refractivity contribution in [1.29, 1.82) is 0 Å². The van der Waals surface area contributed by atoms with Gasteiger partial charge in [0.15, 0.2) is 0 Å². The van der Waals surface area contributed by atoms with Crippen LogP contribution >= 0.6 is 39.1 Å². The van der Waals surface area contributed by atoms with Crippen LogP contribution in [0.5, 0.6) is 0 Å². The molecule has 90 valence electrons. The molecule has 0 amide bonds. The van der Waals surface area contributed by atoms with Crippen LogP contribution in [0, 0.1) is 5.41 Å². The van der Waals surface area contributed by atoms with Gasteiger partial charge in [-0.15, -0.1) is 0 Å². The molecule has 0 fully saturated rings. The van der Waals surface area contributed by atoms with Crippen molar-refractivity contribution in [2.24, 2.45) is 5.41 Å². The minimum atomic E-state index is 0.284. The van der Waals surface area contributed by atoms with Crippen molar-refractivity contribution in [2.75, 3.05) is 0 Å². The maximum Gasteiger partial charge on any atom is 0.0595 e. The average molecular weight is 324 g/mol. The number of rotatable bonds is 4. The van der Waals surface area contributed by atoms with Crippen molar-refractivity contribution in [2.45, 2.75) is 38.4 Å². The van der Waals surface area contributed by atoms with E-state index in [-0.39, 0.29) is 5.41 Å². The monoisotopic (exact) mass is 322 g/mol. The average Bonchev–Trinajstić information content (AvgIpc) is 2.23. The van der Waals surface area contributed by atoms with Gasteiger partial charge in [0.05, 0.1) is 10.0 Å². The molecule has 0 nitrogen and oxygen atoms in total. The third kappa shape index (κ3) is 3.65. The third-order valence-electron chi connectivity index (χ3n) is 3.16. The van der Waals surface area contributed by atoms with E-state index in [1.807, 2.05) is 18.2 Å². The fourth-order valence-corrected chi connectivity index (χ4v) is 2.39. The van der Waals surface area contributed by atoms with Crippen LogP contribution in [0.25, 0.3) is 0 Å². The molecule has 0 bridgehead atoms. The van der Waals surface area contributed by atoms with Gasteiger partial charge in [0.25, 0.3) is 0 Å². The lowest BCUT2D eigenvalue weighted by atomic mass is 9.84. The molecule has 0 spiro atoms. The van der Waals surface area contributed by atoms with Gasteiger partial charge in [0, 0.05) is 4.83 Å². The Bertz CT molecular complexity index is 361. The molecular weight excluding hydrogens is 307 g/mol. The fraction of sp³-hybridized carbons (Fsp3) is 0.538. The van der Waals surface area contributed by atoms with E-state index in [0.717, 1.165) is 12.8 Å². The third-order valence-corrected chi connectivity index (χ3v) is 5.46. The molecule has 0 aliphatic rings. The van der Waals surface area contributed by atoms with E-state index < -0.39 is 0 Å². The summed E-state index contributed by atoms with van der Waals surface area (Å²) in [4.78, 5) is 0.447. The summed E-state index contributed by atoms with van der Waals surface area (Å²) in [5.41, 5.74) is 1.50. The Hall–Kier alpha value is 0.280. The Balaban J connectivity index is 2.77. The van der Waals surface area contributed by atoms with Crippen LogP contribution in [0.4, 0.5) is 0 Å². The number of hydrogen-bond donors (Lipinski definition) is 0. The second kappa shape index (κ2) is 5.75. The standard InChI is InChI=1S/C13H17BrCl2/c1-4-13(2,3)12(14)8-9-5-6-10(15)11(16)7-9/h5-7,12H,4,8H2,1-3H3. The van der Waals surface area contributed by atoms with E-state index in [2.05, 4.69) is 36.7 Å². The molecule has 1 atom stereocenters. The van der Waals surface area contributed by atoms with Crippen molar-refractivity contribution >= 4 is 39.1 Å². The summed E-state index contributed by atoms with van der Waals surface area (Å²) in [6.07, 6.45) is 2.11. The van der Waals surface area contributed by atoms with Crippen LogP contribution in [-0.4, -0.2) is 4.83 Å². The molecule has 0 radical (unpaired) electrons. The molecule has 1 rings (SSSR count). The van der Waals surface area contributed by atoms with Crippen LogP contribution in [0.1, 0.15) is 32.8 Å². The van der Waals surface area contributed by atoms with Gasteiger partial charge in [-0.2, -0.15) is 0 Å². The zero-order valence-corrected chi connectivity index (χ0v) is 13.0. The molecule has 0 aromatic heterocycles. The minimum Gasteiger partial charge on any atom is -0.0881 e. The summed E-state index contributed by atoms with van der Waals surface area (Å²) in [7, 11) is 0. The van der Waals surface area contributed by atoms with Gasteiger partial charge >= 0.3 is 0 Å². The molecule has 1 unspecified atom stereocenters. The number of hydrogen-bond acceptors (Lipinski definition) is 0. The first-order chi connectivity index (χ1) is 7.36. The van der Waals surface area contributed by atoms with Crippen LogP contribution in [0.15, 0.2) is 18.2 Å². The summed E-state index contributed by atoms with van der Waals surface area (Å²) in [6, 6.07) is 5.84. The van der Waals surface area contributed by atoms with Crippen LogP contribution in [0.3, 0.4) is 0 Å². The molecule has 0 aliphatic carbocycles. The quantitative estimate of drug-likeness (QED) is 0.620. The Kier molecular flexibility index (Phi) is 5.15. The van der Waals surface area contributed by atoms with E-state index in [9.17, 15) is 0 Å². The highest BCUT2D eigenvalue weighted by Gasteiger charge is 2.25. The largest absolute Gasteiger partial charge is 0.0881 e. The van der Waals surface area contributed by atoms with E-state index in [1.165, 1.54) is 5.56 Å². The first-order valence-corrected chi connectivity index (χ1v) is 7.12. The maximum atomic E-state index is 6.00. The van der Waals surface area contributed by atoms with Gasteiger partial charge < -0.3 is 0 Å². The Morgan fingerprint density at radius 2 is 1.88 bits per heavy atom. The zero-order chi connectivity index (χ0) is 12.3. The molecule has 0 N–H and O–H groups in total. The lowest BCUT2D eigenvalue weighted by Crippen LogP contribution is -2.25. The van der Waals surface area contributed by atoms with Crippen molar-refractivity contribution in [3.8, 4) is 0 Å².